The molecule has 0 unspecified atom stereocenters. The number of nitrogens with one attached hydrogen (secondary N) is 1. The van der Waals surface area contributed by atoms with Gasteiger partial charge in [-0.15, -0.1) is 0 Å². The number of carbonyl (C=O) groups excluding carboxylic acids is 1. The molecule has 0 bridgehead atoms. The fraction of sp³-hybridized carbons (Fsp3) is 0.235. The first-order valence-corrected chi connectivity index (χ1v) is 7.63. The van der Waals surface area contributed by atoms with E-state index in [9.17, 15) is 14.9 Å². The highest BCUT2D eigenvalue weighted by atomic mass is 35.5. The molecule has 120 valence electrons. The van der Waals surface area contributed by atoms with Crippen LogP contribution in [0.15, 0.2) is 42.5 Å². The molecule has 0 aromatic heterocycles. The van der Waals surface area contributed by atoms with Gasteiger partial charge in [0.1, 0.15) is 5.02 Å². The number of nitro groups is 1. The van der Waals surface area contributed by atoms with Crippen LogP contribution in [0.5, 0.6) is 0 Å². The first-order chi connectivity index (χ1) is 10.9. The van der Waals surface area contributed by atoms with Crippen LogP contribution >= 0.6 is 11.6 Å². The van der Waals surface area contributed by atoms with E-state index >= 15 is 0 Å². The smallest absolute Gasteiger partial charge is 0.288 e. The summed E-state index contributed by atoms with van der Waals surface area (Å²) in [4.78, 5) is 22.5. The normalized spacial score (nSPS) is 11.8. The molecule has 0 aliphatic carbocycles. The fourth-order valence-corrected chi connectivity index (χ4v) is 2.39. The SMILES string of the molecule is CCc1ccc([C@@H](C)NC(=O)c2ccc(Cl)c([N+](=O)[O-])c2)cc1. The number of nitrogens with zero attached hydrogens (tertiary/aromatic N) is 1. The van der Waals surface area contributed by atoms with Crippen LogP contribution in [-0.4, -0.2) is 10.8 Å². The molecule has 0 saturated heterocycles. The Kier molecular flexibility index (Phi) is 5.34. The number of hydrogen-bond donors (Lipinski definition) is 1. The second kappa shape index (κ2) is 7.24. The van der Waals surface area contributed by atoms with Crippen molar-refractivity contribution in [1.29, 1.82) is 0 Å². The van der Waals surface area contributed by atoms with Gasteiger partial charge < -0.3 is 5.32 Å². The van der Waals surface area contributed by atoms with Gasteiger partial charge in [0.25, 0.3) is 11.6 Å². The quantitative estimate of drug-likeness (QED) is 0.655. The van der Waals surface area contributed by atoms with Gasteiger partial charge in [0.2, 0.25) is 0 Å². The van der Waals surface area contributed by atoms with Crippen molar-refractivity contribution in [3.05, 3.63) is 74.3 Å². The van der Waals surface area contributed by atoms with Crippen LogP contribution in [0.25, 0.3) is 0 Å². The summed E-state index contributed by atoms with van der Waals surface area (Å²) in [6.45, 7) is 3.94. The fourth-order valence-electron chi connectivity index (χ4n) is 2.20. The summed E-state index contributed by atoms with van der Waals surface area (Å²) in [5.74, 6) is -0.378. The molecule has 1 N–H and O–H groups in total. The zero-order valence-corrected chi connectivity index (χ0v) is 13.6. The summed E-state index contributed by atoms with van der Waals surface area (Å²) >= 11 is 5.75. The lowest BCUT2D eigenvalue weighted by molar-refractivity contribution is -0.384. The highest BCUT2D eigenvalue weighted by molar-refractivity contribution is 6.32. The first-order valence-electron chi connectivity index (χ1n) is 7.26. The Morgan fingerprint density at radius 2 is 1.91 bits per heavy atom. The third-order valence-corrected chi connectivity index (χ3v) is 3.96. The Hall–Kier alpha value is -2.40. The van der Waals surface area contributed by atoms with Gasteiger partial charge in [0, 0.05) is 11.6 Å². The van der Waals surface area contributed by atoms with Crippen molar-refractivity contribution in [3.8, 4) is 0 Å². The van der Waals surface area contributed by atoms with E-state index in [0.717, 1.165) is 12.0 Å². The minimum Gasteiger partial charge on any atom is -0.346 e. The molecular formula is C17H17ClN2O3. The standard InChI is InChI=1S/C17H17ClN2O3/c1-3-12-4-6-13(7-5-12)11(2)19-17(21)14-8-9-15(18)16(10-14)20(22)23/h4-11H,3H2,1-2H3,(H,19,21)/t11-/m1/s1. The highest BCUT2D eigenvalue weighted by Gasteiger charge is 2.17. The van der Waals surface area contributed by atoms with Crippen molar-refractivity contribution in [2.75, 3.05) is 0 Å². The number of amides is 1. The maximum atomic E-state index is 12.3. The molecule has 0 saturated carbocycles. The second-order valence-electron chi connectivity index (χ2n) is 5.21. The molecule has 0 fully saturated rings. The summed E-state index contributed by atoms with van der Waals surface area (Å²) in [5.41, 5.74) is 2.12. The van der Waals surface area contributed by atoms with Gasteiger partial charge in [0.05, 0.1) is 11.0 Å². The van der Waals surface area contributed by atoms with E-state index < -0.39 is 4.92 Å². The molecular weight excluding hydrogens is 316 g/mol. The molecule has 2 rings (SSSR count). The molecule has 0 spiro atoms. The maximum absolute atomic E-state index is 12.3. The highest BCUT2D eigenvalue weighted by Crippen LogP contribution is 2.25. The average molecular weight is 333 g/mol. The third kappa shape index (κ3) is 4.07. The van der Waals surface area contributed by atoms with Crippen molar-refractivity contribution in [1.82, 2.24) is 5.32 Å². The number of nitro benzene ring substituents is 1. The number of rotatable bonds is 5. The van der Waals surface area contributed by atoms with Crippen LogP contribution in [0.2, 0.25) is 5.02 Å². The van der Waals surface area contributed by atoms with E-state index in [1.165, 1.54) is 23.8 Å². The Morgan fingerprint density at radius 1 is 1.26 bits per heavy atom. The third-order valence-electron chi connectivity index (χ3n) is 3.64. The number of benzene rings is 2. The van der Waals surface area contributed by atoms with E-state index in [1.54, 1.807) is 0 Å². The molecule has 1 amide bonds. The molecule has 0 radical (unpaired) electrons. The first kappa shape index (κ1) is 17.0. The molecule has 23 heavy (non-hydrogen) atoms. The molecule has 2 aromatic rings. The Balaban J connectivity index is 2.14. The Morgan fingerprint density at radius 3 is 2.48 bits per heavy atom. The van der Waals surface area contributed by atoms with Gasteiger partial charge >= 0.3 is 0 Å². The number of carbonyl (C=O) groups is 1. The van der Waals surface area contributed by atoms with Crippen LogP contribution in [0.4, 0.5) is 5.69 Å². The van der Waals surface area contributed by atoms with Crippen molar-refractivity contribution in [2.45, 2.75) is 26.3 Å². The molecule has 1 atom stereocenters. The summed E-state index contributed by atoms with van der Waals surface area (Å²) in [6, 6.07) is 11.8. The topological polar surface area (TPSA) is 72.2 Å². The van der Waals surface area contributed by atoms with Gasteiger partial charge in [-0.1, -0.05) is 42.8 Å². The van der Waals surface area contributed by atoms with Crippen LogP contribution in [0, 0.1) is 10.1 Å². The summed E-state index contributed by atoms with van der Waals surface area (Å²) in [5, 5.41) is 13.7. The summed E-state index contributed by atoms with van der Waals surface area (Å²) in [7, 11) is 0. The summed E-state index contributed by atoms with van der Waals surface area (Å²) < 4.78 is 0. The van der Waals surface area contributed by atoms with Crippen LogP contribution in [0.1, 0.15) is 41.4 Å². The van der Waals surface area contributed by atoms with Crippen LogP contribution in [0.3, 0.4) is 0 Å². The minimum atomic E-state index is -0.605. The van der Waals surface area contributed by atoms with Crippen molar-refractivity contribution >= 4 is 23.2 Å². The monoisotopic (exact) mass is 332 g/mol. The van der Waals surface area contributed by atoms with Crippen LogP contribution < -0.4 is 5.32 Å². The lowest BCUT2D eigenvalue weighted by Crippen LogP contribution is -2.26. The molecule has 5 nitrogen and oxygen atoms in total. The number of halogens is 1. The van der Waals surface area contributed by atoms with Gasteiger partial charge in [-0.05, 0) is 36.6 Å². The van der Waals surface area contributed by atoms with Crippen LogP contribution in [-0.2, 0) is 6.42 Å². The second-order valence-corrected chi connectivity index (χ2v) is 5.62. The van der Waals surface area contributed by atoms with Gasteiger partial charge in [0.15, 0.2) is 0 Å². The Labute approximate surface area is 139 Å². The predicted molar refractivity (Wildman–Crippen MR) is 89.8 cm³/mol. The van der Waals surface area contributed by atoms with E-state index in [2.05, 4.69) is 12.2 Å². The number of aryl methyl sites for hydroxylation is 1. The van der Waals surface area contributed by atoms with E-state index in [0.29, 0.717) is 0 Å². The molecule has 0 aliphatic rings. The van der Waals surface area contributed by atoms with Crippen molar-refractivity contribution < 1.29 is 9.72 Å². The zero-order chi connectivity index (χ0) is 17.0. The Bertz CT molecular complexity index is 729. The van der Waals surface area contributed by atoms with Crippen molar-refractivity contribution in [3.63, 3.8) is 0 Å². The molecule has 0 heterocycles. The lowest BCUT2D eigenvalue weighted by atomic mass is 10.0. The molecule has 0 aliphatic heterocycles. The van der Waals surface area contributed by atoms with E-state index in [-0.39, 0.29) is 28.2 Å². The summed E-state index contributed by atoms with van der Waals surface area (Å²) in [6.07, 6.45) is 0.954. The maximum Gasteiger partial charge on any atom is 0.288 e. The largest absolute Gasteiger partial charge is 0.346 e. The lowest BCUT2D eigenvalue weighted by Gasteiger charge is -2.15. The zero-order valence-electron chi connectivity index (χ0n) is 12.9. The average Bonchev–Trinajstić information content (AvgIpc) is 2.54. The van der Waals surface area contributed by atoms with Gasteiger partial charge in [-0.2, -0.15) is 0 Å². The van der Waals surface area contributed by atoms with E-state index in [1.807, 2.05) is 31.2 Å². The van der Waals surface area contributed by atoms with E-state index in [4.69, 9.17) is 11.6 Å². The molecule has 2 aromatic carbocycles. The number of hydrogen-bond acceptors (Lipinski definition) is 3. The minimum absolute atomic E-state index is 0.00903. The van der Waals surface area contributed by atoms with Gasteiger partial charge in [-0.3, -0.25) is 14.9 Å². The van der Waals surface area contributed by atoms with Crippen molar-refractivity contribution in [2.24, 2.45) is 0 Å². The molecule has 6 heteroatoms. The predicted octanol–water partition coefficient (Wildman–Crippen LogP) is 4.30. The van der Waals surface area contributed by atoms with Gasteiger partial charge in [-0.25, -0.2) is 0 Å².